The molecule has 0 spiro atoms. The fourth-order valence-electron chi connectivity index (χ4n) is 4.58. The normalized spacial score (nSPS) is 24.8. The second-order valence-corrected chi connectivity index (χ2v) is 11.1. The van der Waals surface area contributed by atoms with Crippen LogP contribution >= 0.6 is 11.6 Å². The molecule has 4 rings (SSSR count). The lowest BCUT2D eigenvalue weighted by Gasteiger charge is -2.41. The quantitative estimate of drug-likeness (QED) is 0.581. The highest BCUT2D eigenvalue weighted by Gasteiger charge is 2.44. The molecule has 3 aliphatic heterocycles. The van der Waals surface area contributed by atoms with Gasteiger partial charge < -0.3 is 10.2 Å². The number of carbonyl (C=O) groups excluding carboxylic acids is 2. The maximum atomic E-state index is 13.3. The summed E-state index contributed by atoms with van der Waals surface area (Å²) >= 11 is 5.79. The number of piperidine rings is 1. The van der Waals surface area contributed by atoms with Crippen LogP contribution in [0.3, 0.4) is 0 Å². The molecule has 0 bridgehead atoms. The Balaban J connectivity index is 1.35. The zero-order chi connectivity index (χ0) is 23.6. The molecule has 12 heteroatoms. The molecule has 3 aliphatic rings. The van der Waals surface area contributed by atoms with Gasteiger partial charge in [0.15, 0.2) is 0 Å². The molecule has 2 amide bonds. The number of hydrogen-bond donors (Lipinski definition) is 1. The number of halogens is 1. The molecule has 0 aliphatic carbocycles. The summed E-state index contributed by atoms with van der Waals surface area (Å²) in [5.41, 5.74) is 0.807. The van der Waals surface area contributed by atoms with Crippen LogP contribution < -0.4 is 5.32 Å². The third kappa shape index (κ3) is 5.14. The van der Waals surface area contributed by atoms with E-state index in [9.17, 15) is 18.0 Å². The van der Waals surface area contributed by atoms with E-state index in [1.807, 2.05) is 0 Å². The number of amides is 2. The van der Waals surface area contributed by atoms with Crippen molar-refractivity contribution in [2.75, 3.05) is 32.7 Å². The first-order chi connectivity index (χ1) is 15.8. The SMILES string of the molecule is N#CC1CN(S(=O)(=O)N2CCCC(C(=O)N3CCC[C@@H]3C(=O)NCc3ccc(Cl)nc3)C2)C1. The van der Waals surface area contributed by atoms with Crippen LogP contribution in [0.4, 0.5) is 0 Å². The molecule has 0 radical (unpaired) electrons. The van der Waals surface area contributed by atoms with Crippen LogP contribution in [0.25, 0.3) is 0 Å². The van der Waals surface area contributed by atoms with E-state index in [1.165, 1.54) is 8.61 Å². The number of likely N-dealkylation sites (tertiary alicyclic amines) is 1. The van der Waals surface area contributed by atoms with Crippen molar-refractivity contribution in [2.45, 2.75) is 38.3 Å². The van der Waals surface area contributed by atoms with Crippen LogP contribution in [0.5, 0.6) is 0 Å². The Morgan fingerprint density at radius 2 is 1.91 bits per heavy atom. The molecule has 0 aromatic carbocycles. The van der Waals surface area contributed by atoms with E-state index in [0.717, 1.165) is 12.0 Å². The lowest BCUT2D eigenvalue weighted by atomic mass is 9.97. The fourth-order valence-corrected chi connectivity index (χ4v) is 6.48. The van der Waals surface area contributed by atoms with E-state index < -0.39 is 22.2 Å². The zero-order valence-electron chi connectivity index (χ0n) is 18.2. The number of nitrogens with one attached hydrogen (secondary N) is 1. The molecule has 3 saturated heterocycles. The van der Waals surface area contributed by atoms with E-state index in [-0.39, 0.29) is 43.9 Å². The summed E-state index contributed by atoms with van der Waals surface area (Å²) < 4.78 is 28.4. The molecule has 4 heterocycles. The summed E-state index contributed by atoms with van der Waals surface area (Å²) in [6, 6.07) is 4.95. The second kappa shape index (κ2) is 9.93. The van der Waals surface area contributed by atoms with Gasteiger partial charge in [-0.15, -0.1) is 0 Å². The monoisotopic (exact) mass is 494 g/mol. The molecular weight excluding hydrogens is 468 g/mol. The van der Waals surface area contributed by atoms with Gasteiger partial charge in [-0.25, -0.2) is 4.98 Å². The van der Waals surface area contributed by atoms with Crippen molar-refractivity contribution < 1.29 is 18.0 Å². The van der Waals surface area contributed by atoms with Crippen LogP contribution in [0.2, 0.25) is 5.15 Å². The van der Waals surface area contributed by atoms with Crippen molar-refractivity contribution in [1.82, 2.24) is 23.8 Å². The van der Waals surface area contributed by atoms with Gasteiger partial charge in [-0.2, -0.15) is 22.3 Å². The molecule has 10 nitrogen and oxygen atoms in total. The van der Waals surface area contributed by atoms with Gasteiger partial charge in [0.1, 0.15) is 11.2 Å². The summed E-state index contributed by atoms with van der Waals surface area (Å²) in [4.78, 5) is 31.7. The lowest BCUT2D eigenvalue weighted by Crippen LogP contribution is -2.57. The van der Waals surface area contributed by atoms with Crippen LogP contribution in [-0.4, -0.2) is 77.5 Å². The molecule has 1 N–H and O–H groups in total. The van der Waals surface area contributed by atoms with Gasteiger partial charge in [0.2, 0.25) is 11.8 Å². The van der Waals surface area contributed by atoms with E-state index in [2.05, 4.69) is 16.4 Å². The Hall–Kier alpha value is -2.26. The summed E-state index contributed by atoms with van der Waals surface area (Å²) in [5.74, 6) is -1.14. The van der Waals surface area contributed by atoms with Crippen LogP contribution in [0.1, 0.15) is 31.2 Å². The summed E-state index contributed by atoms with van der Waals surface area (Å²) in [5, 5.41) is 12.2. The number of rotatable bonds is 6. The van der Waals surface area contributed by atoms with Crippen molar-refractivity contribution >= 4 is 33.6 Å². The second-order valence-electron chi connectivity index (χ2n) is 8.74. The highest BCUT2D eigenvalue weighted by Crippen LogP contribution is 2.29. The number of hydrogen-bond acceptors (Lipinski definition) is 6. The Bertz CT molecular complexity index is 1040. The topological polar surface area (TPSA) is 127 Å². The van der Waals surface area contributed by atoms with Gasteiger partial charge in [0.05, 0.1) is 17.9 Å². The Labute approximate surface area is 198 Å². The van der Waals surface area contributed by atoms with Gasteiger partial charge in [-0.05, 0) is 37.3 Å². The van der Waals surface area contributed by atoms with Gasteiger partial charge in [-0.3, -0.25) is 9.59 Å². The summed E-state index contributed by atoms with van der Waals surface area (Å²) in [6.07, 6.45) is 4.07. The van der Waals surface area contributed by atoms with Gasteiger partial charge in [-0.1, -0.05) is 17.7 Å². The van der Waals surface area contributed by atoms with Crippen LogP contribution in [0, 0.1) is 23.2 Å². The van der Waals surface area contributed by atoms with Gasteiger partial charge in [0, 0.05) is 45.5 Å². The number of nitrogens with zero attached hydrogens (tertiary/aromatic N) is 5. The minimum Gasteiger partial charge on any atom is -0.350 e. The minimum absolute atomic E-state index is 0.107. The number of pyridine rings is 1. The molecule has 1 aromatic heterocycles. The maximum absolute atomic E-state index is 13.3. The van der Waals surface area contributed by atoms with E-state index in [0.29, 0.717) is 37.5 Å². The third-order valence-corrected chi connectivity index (χ3v) is 8.67. The standard InChI is InChI=1S/C21H27ClN6O4S/c22-19-6-5-15(10-24-19)11-25-20(29)18-4-2-8-28(18)21(30)17-3-1-7-26(14-17)33(31,32)27-12-16(9-23)13-27/h5-6,10,16-18H,1-4,7-8,11-14H2,(H,25,29)/t17?,18-/m1/s1. The molecule has 0 saturated carbocycles. The van der Waals surface area contributed by atoms with Crippen molar-refractivity contribution in [2.24, 2.45) is 11.8 Å². The highest BCUT2D eigenvalue weighted by atomic mass is 35.5. The van der Waals surface area contributed by atoms with Crippen LogP contribution in [0.15, 0.2) is 18.3 Å². The molecule has 3 fully saturated rings. The predicted octanol–water partition coefficient (Wildman–Crippen LogP) is 0.754. The van der Waals surface area contributed by atoms with Gasteiger partial charge in [0.25, 0.3) is 10.2 Å². The number of carbonyl (C=O) groups is 2. The maximum Gasteiger partial charge on any atom is 0.282 e. The van der Waals surface area contributed by atoms with E-state index >= 15 is 0 Å². The average molecular weight is 495 g/mol. The van der Waals surface area contributed by atoms with Crippen LogP contribution in [-0.2, 0) is 26.3 Å². The lowest BCUT2D eigenvalue weighted by molar-refractivity contribution is -0.142. The van der Waals surface area contributed by atoms with Crippen molar-refractivity contribution in [3.63, 3.8) is 0 Å². The molecule has 178 valence electrons. The first kappa shape index (κ1) is 23.9. The van der Waals surface area contributed by atoms with Gasteiger partial charge >= 0.3 is 0 Å². The number of nitriles is 1. The van der Waals surface area contributed by atoms with E-state index in [1.54, 1.807) is 23.2 Å². The minimum atomic E-state index is -3.68. The zero-order valence-corrected chi connectivity index (χ0v) is 19.8. The predicted molar refractivity (Wildman–Crippen MR) is 120 cm³/mol. The molecule has 1 aromatic rings. The van der Waals surface area contributed by atoms with E-state index in [4.69, 9.17) is 16.9 Å². The summed E-state index contributed by atoms with van der Waals surface area (Å²) in [7, 11) is -3.68. The molecule has 33 heavy (non-hydrogen) atoms. The Morgan fingerprint density at radius 1 is 1.15 bits per heavy atom. The Morgan fingerprint density at radius 3 is 2.61 bits per heavy atom. The fraction of sp³-hybridized carbons (Fsp3) is 0.619. The largest absolute Gasteiger partial charge is 0.350 e. The average Bonchev–Trinajstić information content (AvgIpc) is 3.27. The van der Waals surface area contributed by atoms with Crippen molar-refractivity contribution in [3.05, 3.63) is 29.0 Å². The molecule has 2 atom stereocenters. The first-order valence-electron chi connectivity index (χ1n) is 11.1. The Kier molecular flexibility index (Phi) is 7.19. The highest BCUT2D eigenvalue weighted by molar-refractivity contribution is 7.86. The number of aromatic nitrogens is 1. The summed E-state index contributed by atoms with van der Waals surface area (Å²) in [6.45, 7) is 1.64. The van der Waals surface area contributed by atoms with Crippen molar-refractivity contribution in [1.29, 1.82) is 5.26 Å². The molecular formula is C21H27ClN6O4S. The third-order valence-electron chi connectivity index (χ3n) is 6.51. The molecule has 1 unspecified atom stereocenters. The smallest absolute Gasteiger partial charge is 0.282 e. The van der Waals surface area contributed by atoms with Crippen molar-refractivity contribution in [3.8, 4) is 6.07 Å². The first-order valence-corrected chi connectivity index (χ1v) is 12.9.